The number of sulfone groups is 1. The Kier molecular flexibility index (Phi) is 3.08. The van der Waals surface area contributed by atoms with Crippen molar-refractivity contribution in [2.24, 2.45) is 0 Å². The minimum absolute atomic E-state index is 0.0464. The molecule has 1 aromatic carbocycles. The first kappa shape index (κ1) is 12.6. The maximum absolute atomic E-state index is 13.2. The van der Waals surface area contributed by atoms with Gasteiger partial charge in [0.05, 0.1) is 17.5 Å². The van der Waals surface area contributed by atoms with Crippen molar-refractivity contribution in [3.63, 3.8) is 0 Å². The molecule has 1 amide bonds. The summed E-state index contributed by atoms with van der Waals surface area (Å²) >= 11 is 0. The summed E-state index contributed by atoms with van der Waals surface area (Å²) in [5.41, 5.74) is 5.34. The van der Waals surface area contributed by atoms with Crippen LogP contribution in [-0.4, -0.2) is 26.1 Å². The SMILES string of the molecule is Nc1ccc(C(=O)NC2C=CS(=O)(=O)C2)cc1F. The second-order valence-corrected chi connectivity index (χ2v) is 5.91. The molecule has 1 aliphatic heterocycles. The zero-order valence-corrected chi connectivity index (χ0v) is 10.1. The number of rotatable bonds is 2. The number of nitrogen functional groups attached to an aromatic ring is 1. The Morgan fingerprint density at radius 1 is 1.44 bits per heavy atom. The van der Waals surface area contributed by atoms with E-state index in [9.17, 15) is 17.6 Å². The first-order valence-electron chi connectivity index (χ1n) is 5.14. The molecule has 0 aromatic heterocycles. The zero-order valence-electron chi connectivity index (χ0n) is 9.26. The van der Waals surface area contributed by atoms with Crippen molar-refractivity contribution in [2.75, 3.05) is 11.5 Å². The largest absolute Gasteiger partial charge is 0.396 e. The minimum Gasteiger partial charge on any atom is -0.396 e. The third-order valence-corrected chi connectivity index (χ3v) is 3.90. The molecule has 96 valence electrons. The molecule has 1 atom stereocenters. The fourth-order valence-corrected chi connectivity index (χ4v) is 2.82. The molecule has 0 aliphatic carbocycles. The van der Waals surface area contributed by atoms with E-state index < -0.39 is 27.6 Å². The van der Waals surface area contributed by atoms with Gasteiger partial charge < -0.3 is 11.1 Å². The number of amides is 1. The van der Waals surface area contributed by atoms with Crippen LogP contribution in [0.4, 0.5) is 10.1 Å². The Hall–Kier alpha value is -1.89. The Balaban J connectivity index is 2.09. The van der Waals surface area contributed by atoms with Crippen LogP contribution in [0.3, 0.4) is 0 Å². The molecule has 0 fully saturated rings. The van der Waals surface area contributed by atoms with E-state index in [1.54, 1.807) is 0 Å². The highest BCUT2D eigenvalue weighted by Crippen LogP contribution is 2.13. The van der Waals surface area contributed by atoms with E-state index in [1.165, 1.54) is 18.2 Å². The molecule has 0 saturated heterocycles. The maximum atomic E-state index is 13.2. The third-order valence-electron chi connectivity index (χ3n) is 2.51. The molecule has 0 spiro atoms. The summed E-state index contributed by atoms with van der Waals surface area (Å²) in [5.74, 6) is -1.39. The van der Waals surface area contributed by atoms with Crippen LogP contribution in [0.5, 0.6) is 0 Å². The summed E-state index contributed by atoms with van der Waals surface area (Å²) in [6.45, 7) is 0. The lowest BCUT2D eigenvalue weighted by Crippen LogP contribution is -2.35. The van der Waals surface area contributed by atoms with E-state index in [0.717, 1.165) is 11.5 Å². The fourth-order valence-electron chi connectivity index (χ4n) is 1.59. The Labute approximate surface area is 103 Å². The van der Waals surface area contributed by atoms with Crippen molar-refractivity contribution >= 4 is 21.4 Å². The van der Waals surface area contributed by atoms with Crippen molar-refractivity contribution < 1.29 is 17.6 Å². The van der Waals surface area contributed by atoms with Gasteiger partial charge in [-0.1, -0.05) is 0 Å². The molecular weight excluding hydrogens is 259 g/mol. The number of hydrogen-bond donors (Lipinski definition) is 2. The van der Waals surface area contributed by atoms with Crippen LogP contribution in [0.15, 0.2) is 29.7 Å². The van der Waals surface area contributed by atoms with E-state index in [1.807, 2.05) is 0 Å². The van der Waals surface area contributed by atoms with Gasteiger partial charge in [-0.3, -0.25) is 4.79 Å². The van der Waals surface area contributed by atoms with Crippen LogP contribution < -0.4 is 11.1 Å². The molecule has 1 aromatic rings. The highest BCUT2D eigenvalue weighted by Gasteiger charge is 2.23. The lowest BCUT2D eigenvalue weighted by atomic mass is 10.1. The normalized spacial score (nSPS) is 20.8. The number of nitrogens with two attached hydrogens (primary N) is 1. The zero-order chi connectivity index (χ0) is 13.3. The predicted molar refractivity (Wildman–Crippen MR) is 65.0 cm³/mol. The lowest BCUT2D eigenvalue weighted by Gasteiger charge is -2.10. The van der Waals surface area contributed by atoms with Crippen LogP contribution in [0.25, 0.3) is 0 Å². The molecular formula is C11H11FN2O3S. The standard InChI is InChI=1S/C11H11FN2O3S/c12-9-5-7(1-2-10(9)13)11(15)14-8-3-4-18(16,17)6-8/h1-5,8H,6,13H2,(H,14,15). The number of hydrogen-bond acceptors (Lipinski definition) is 4. The fraction of sp³-hybridized carbons (Fsp3) is 0.182. The van der Waals surface area contributed by atoms with E-state index in [2.05, 4.69) is 5.32 Å². The van der Waals surface area contributed by atoms with Crippen molar-refractivity contribution in [2.45, 2.75) is 6.04 Å². The summed E-state index contributed by atoms with van der Waals surface area (Å²) < 4.78 is 35.4. The number of anilines is 1. The summed E-state index contributed by atoms with van der Waals surface area (Å²) in [4.78, 5) is 11.7. The molecule has 5 nitrogen and oxygen atoms in total. The molecule has 0 radical (unpaired) electrons. The number of carbonyl (C=O) groups excluding carboxylic acids is 1. The number of benzene rings is 1. The Morgan fingerprint density at radius 2 is 2.17 bits per heavy atom. The lowest BCUT2D eigenvalue weighted by molar-refractivity contribution is 0.0947. The number of carbonyl (C=O) groups is 1. The van der Waals surface area contributed by atoms with Crippen LogP contribution in [0.1, 0.15) is 10.4 Å². The van der Waals surface area contributed by atoms with Crippen LogP contribution >= 0.6 is 0 Å². The second-order valence-electron chi connectivity index (χ2n) is 3.97. The summed E-state index contributed by atoms with van der Waals surface area (Å²) in [5, 5.41) is 3.54. The van der Waals surface area contributed by atoms with Crippen molar-refractivity contribution in [1.82, 2.24) is 5.32 Å². The predicted octanol–water partition coefficient (Wildman–Crippen LogP) is 0.448. The average Bonchev–Trinajstić information content (AvgIpc) is 2.62. The first-order valence-corrected chi connectivity index (χ1v) is 6.86. The average molecular weight is 270 g/mol. The summed E-state index contributed by atoms with van der Waals surface area (Å²) in [6.07, 6.45) is 1.39. The van der Waals surface area contributed by atoms with Gasteiger partial charge in [-0.15, -0.1) is 0 Å². The van der Waals surface area contributed by atoms with Gasteiger partial charge in [0.1, 0.15) is 5.82 Å². The van der Waals surface area contributed by atoms with E-state index in [0.29, 0.717) is 0 Å². The van der Waals surface area contributed by atoms with Gasteiger partial charge in [0.25, 0.3) is 5.91 Å². The highest BCUT2D eigenvalue weighted by atomic mass is 32.2. The minimum atomic E-state index is -3.23. The molecule has 0 saturated carbocycles. The molecule has 18 heavy (non-hydrogen) atoms. The van der Waals surface area contributed by atoms with Crippen molar-refractivity contribution in [3.8, 4) is 0 Å². The summed E-state index contributed by atoms with van der Waals surface area (Å²) in [7, 11) is -3.23. The molecule has 0 bridgehead atoms. The number of halogens is 1. The molecule has 1 heterocycles. The van der Waals surface area contributed by atoms with Gasteiger partial charge in [-0.2, -0.15) is 0 Å². The quantitative estimate of drug-likeness (QED) is 0.763. The van der Waals surface area contributed by atoms with E-state index in [4.69, 9.17) is 5.73 Å². The molecule has 1 aliphatic rings. The van der Waals surface area contributed by atoms with Crippen LogP contribution in [0, 0.1) is 5.82 Å². The van der Waals surface area contributed by atoms with E-state index in [-0.39, 0.29) is 17.0 Å². The van der Waals surface area contributed by atoms with Gasteiger partial charge in [0, 0.05) is 11.0 Å². The van der Waals surface area contributed by atoms with Gasteiger partial charge in [0.15, 0.2) is 9.84 Å². The first-order chi connectivity index (χ1) is 8.37. The Morgan fingerprint density at radius 3 is 2.72 bits per heavy atom. The maximum Gasteiger partial charge on any atom is 0.251 e. The van der Waals surface area contributed by atoms with E-state index >= 15 is 0 Å². The van der Waals surface area contributed by atoms with Gasteiger partial charge >= 0.3 is 0 Å². The van der Waals surface area contributed by atoms with Gasteiger partial charge in [-0.25, -0.2) is 12.8 Å². The third kappa shape index (κ3) is 2.67. The van der Waals surface area contributed by atoms with Gasteiger partial charge in [0.2, 0.25) is 0 Å². The smallest absolute Gasteiger partial charge is 0.251 e. The van der Waals surface area contributed by atoms with Crippen molar-refractivity contribution in [3.05, 3.63) is 41.1 Å². The Bertz CT molecular complexity index is 625. The molecule has 3 N–H and O–H groups in total. The highest BCUT2D eigenvalue weighted by molar-refractivity contribution is 7.94. The second kappa shape index (κ2) is 4.41. The molecule has 1 unspecified atom stereocenters. The number of nitrogens with one attached hydrogen (secondary N) is 1. The van der Waals surface area contributed by atoms with Gasteiger partial charge in [-0.05, 0) is 24.3 Å². The van der Waals surface area contributed by atoms with Crippen molar-refractivity contribution in [1.29, 1.82) is 0 Å². The summed E-state index contributed by atoms with van der Waals surface area (Å²) in [6, 6.07) is 3.09. The molecule has 7 heteroatoms. The van der Waals surface area contributed by atoms with Crippen LogP contribution in [-0.2, 0) is 9.84 Å². The molecule has 2 rings (SSSR count). The van der Waals surface area contributed by atoms with Crippen LogP contribution in [0.2, 0.25) is 0 Å². The monoisotopic (exact) mass is 270 g/mol. The topological polar surface area (TPSA) is 89.3 Å².